The van der Waals surface area contributed by atoms with Gasteiger partial charge in [-0.2, -0.15) is 0 Å². The van der Waals surface area contributed by atoms with Crippen molar-refractivity contribution in [3.63, 3.8) is 0 Å². The summed E-state index contributed by atoms with van der Waals surface area (Å²) >= 11 is 0. The molecule has 1 aromatic rings. The van der Waals surface area contributed by atoms with Crippen LogP contribution in [0.5, 0.6) is 0 Å². The zero-order valence-corrected chi connectivity index (χ0v) is 11.3. The van der Waals surface area contributed by atoms with Crippen LogP contribution in [0.25, 0.3) is 0 Å². The molecular weight excluding hydrogens is 242 g/mol. The Morgan fingerprint density at radius 1 is 1.37 bits per heavy atom. The number of carbonyl (C=O) groups is 1. The summed E-state index contributed by atoms with van der Waals surface area (Å²) in [6.07, 6.45) is 3.93. The molecule has 1 fully saturated rings. The average molecular weight is 263 g/mol. The van der Waals surface area contributed by atoms with E-state index in [0.29, 0.717) is 18.7 Å². The zero-order valence-electron chi connectivity index (χ0n) is 11.3. The van der Waals surface area contributed by atoms with E-state index in [1.54, 1.807) is 18.2 Å². The molecule has 104 valence electrons. The van der Waals surface area contributed by atoms with Crippen molar-refractivity contribution in [3.05, 3.63) is 35.4 Å². The number of hydrogen-bond donors (Lipinski definition) is 2. The Balaban J connectivity index is 1.96. The Kier molecular flexibility index (Phi) is 4.22. The lowest BCUT2D eigenvalue weighted by Gasteiger charge is -2.28. The Labute approximate surface area is 113 Å². The normalized spacial score (nSPS) is 17.8. The van der Waals surface area contributed by atoms with E-state index in [-0.39, 0.29) is 0 Å². The molecule has 1 aromatic carbocycles. The highest BCUT2D eigenvalue weighted by Gasteiger charge is 2.32. The SMILES string of the molecule is CN(Cc1cccc(C(=O)O)c1)CC1(O)CCCC1. The number of carboxylic acids is 1. The number of aliphatic hydroxyl groups is 1. The smallest absolute Gasteiger partial charge is 0.335 e. The molecule has 0 aromatic heterocycles. The first-order valence-corrected chi connectivity index (χ1v) is 6.72. The van der Waals surface area contributed by atoms with Crippen molar-refractivity contribution in [1.29, 1.82) is 0 Å². The van der Waals surface area contributed by atoms with Gasteiger partial charge in [-0.3, -0.25) is 4.90 Å². The van der Waals surface area contributed by atoms with Gasteiger partial charge < -0.3 is 10.2 Å². The molecule has 0 saturated heterocycles. The van der Waals surface area contributed by atoms with Crippen LogP contribution in [0.4, 0.5) is 0 Å². The lowest BCUT2D eigenvalue weighted by atomic mass is 10.0. The largest absolute Gasteiger partial charge is 0.478 e. The second-order valence-corrected chi connectivity index (χ2v) is 5.61. The van der Waals surface area contributed by atoms with Gasteiger partial charge in [0.15, 0.2) is 0 Å². The summed E-state index contributed by atoms with van der Waals surface area (Å²) in [7, 11) is 1.96. The molecule has 0 atom stereocenters. The quantitative estimate of drug-likeness (QED) is 0.854. The van der Waals surface area contributed by atoms with E-state index >= 15 is 0 Å². The third-order valence-corrected chi connectivity index (χ3v) is 3.72. The molecule has 0 radical (unpaired) electrons. The van der Waals surface area contributed by atoms with Crippen LogP contribution in [0.15, 0.2) is 24.3 Å². The number of nitrogens with zero attached hydrogens (tertiary/aromatic N) is 1. The molecule has 0 bridgehead atoms. The van der Waals surface area contributed by atoms with Crippen LogP contribution in [0.1, 0.15) is 41.6 Å². The summed E-state index contributed by atoms with van der Waals surface area (Å²) in [6, 6.07) is 6.96. The first-order chi connectivity index (χ1) is 8.98. The Bertz CT molecular complexity index is 452. The summed E-state index contributed by atoms with van der Waals surface area (Å²) in [6.45, 7) is 1.30. The van der Waals surface area contributed by atoms with Crippen molar-refractivity contribution < 1.29 is 15.0 Å². The Morgan fingerprint density at radius 2 is 2.05 bits per heavy atom. The number of benzene rings is 1. The molecule has 0 amide bonds. The lowest BCUT2D eigenvalue weighted by Crippen LogP contribution is -2.38. The summed E-state index contributed by atoms with van der Waals surface area (Å²) in [5.41, 5.74) is 0.716. The highest BCUT2D eigenvalue weighted by Crippen LogP contribution is 2.30. The minimum absolute atomic E-state index is 0.311. The second-order valence-electron chi connectivity index (χ2n) is 5.61. The van der Waals surface area contributed by atoms with Gasteiger partial charge in [-0.1, -0.05) is 25.0 Å². The highest BCUT2D eigenvalue weighted by atomic mass is 16.4. The molecule has 4 nitrogen and oxygen atoms in total. The molecule has 1 saturated carbocycles. The number of hydrogen-bond acceptors (Lipinski definition) is 3. The van der Waals surface area contributed by atoms with Crippen LogP contribution in [0.2, 0.25) is 0 Å². The second kappa shape index (κ2) is 5.72. The summed E-state index contributed by atoms with van der Waals surface area (Å²) in [5.74, 6) is -0.904. The van der Waals surface area contributed by atoms with Crippen molar-refractivity contribution in [2.24, 2.45) is 0 Å². The molecule has 0 aliphatic heterocycles. The number of rotatable bonds is 5. The third kappa shape index (κ3) is 3.78. The first kappa shape index (κ1) is 14.0. The number of likely N-dealkylation sites (N-methyl/N-ethyl adjacent to an activating group) is 1. The van der Waals surface area contributed by atoms with Crippen molar-refractivity contribution in [1.82, 2.24) is 4.90 Å². The predicted octanol–water partition coefficient (Wildman–Crippen LogP) is 2.12. The first-order valence-electron chi connectivity index (χ1n) is 6.72. The molecule has 0 heterocycles. The molecule has 0 spiro atoms. The van der Waals surface area contributed by atoms with Crippen LogP contribution in [0, 0.1) is 0 Å². The number of aromatic carboxylic acids is 1. The van der Waals surface area contributed by atoms with E-state index < -0.39 is 11.6 Å². The summed E-state index contributed by atoms with van der Waals surface area (Å²) in [4.78, 5) is 13.0. The maximum Gasteiger partial charge on any atom is 0.335 e. The van der Waals surface area contributed by atoms with E-state index in [2.05, 4.69) is 4.90 Å². The van der Waals surface area contributed by atoms with Crippen LogP contribution in [-0.4, -0.2) is 40.3 Å². The lowest BCUT2D eigenvalue weighted by molar-refractivity contribution is 0.0145. The molecule has 1 aliphatic carbocycles. The van der Waals surface area contributed by atoms with E-state index in [1.807, 2.05) is 13.1 Å². The summed E-state index contributed by atoms with van der Waals surface area (Å²) < 4.78 is 0. The Morgan fingerprint density at radius 3 is 2.68 bits per heavy atom. The molecule has 4 heteroatoms. The van der Waals surface area contributed by atoms with E-state index in [9.17, 15) is 9.90 Å². The highest BCUT2D eigenvalue weighted by molar-refractivity contribution is 5.87. The van der Waals surface area contributed by atoms with E-state index in [1.165, 1.54) is 0 Å². The molecule has 2 rings (SSSR count). The Hall–Kier alpha value is -1.39. The zero-order chi connectivity index (χ0) is 13.9. The molecular formula is C15H21NO3. The third-order valence-electron chi connectivity index (χ3n) is 3.72. The fraction of sp³-hybridized carbons (Fsp3) is 0.533. The number of carboxylic acid groups (broad SMARTS) is 1. The van der Waals surface area contributed by atoms with Gasteiger partial charge in [-0.25, -0.2) is 4.79 Å². The van der Waals surface area contributed by atoms with Gasteiger partial charge in [-0.05, 0) is 37.6 Å². The molecule has 0 unspecified atom stereocenters. The van der Waals surface area contributed by atoms with Gasteiger partial charge in [0.25, 0.3) is 0 Å². The van der Waals surface area contributed by atoms with Gasteiger partial charge in [0.1, 0.15) is 0 Å². The van der Waals surface area contributed by atoms with E-state index in [4.69, 9.17) is 5.11 Å². The standard InChI is InChI=1S/C15H21NO3/c1-16(11-15(19)7-2-3-8-15)10-12-5-4-6-13(9-12)14(17)18/h4-6,9,19H,2-3,7-8,10-11H2,1H3,(H,17,18). The van der Waals surface area contributed by atoms with Gasteiger partial charge >= 0.3 is 5.97 Å². The maximum atomic E-state index is 10.9. The fourth-order valence-corrected chi connectivity index (χ4v) is 2.86. The van der Waals surface area contributed by atoms with Crippen molar-refractivity contribution in [2.45, 2.75) is 37.8 Å². The van der Waals surface area contributed by atoms with Crippen LogP contribution < -0.4 is 0 Å². The van der Waals surface area contributed by atoms with Crippen LogP contribution in [-0.2, 0) is 6.54 Å². The topological polar surface area (TPSA) is 60.8 Å². The van der Waals surface area contributed by atoms with Crippen molar-refractivity contribution >= 4 is 5.97 Å². The fourth-order valence-electron chi connectivity index (χ4n) is 2.86. The average Bonchev–Trinajstić information content (AvgIpc) is 2.75. The van der Waals surface area contributed by atoms with Gasteiger partial charge in [0.2, 0.25) is 0 Å². The van der Waals surface area contributed by atoms with Crippen molar-refractivity contribution in [2.75, 3.05) is 13.6 Å². The maximum absolute atomic E-state index is 10.9. The van der Waals surface area contributed by atoms with Gasteiger partial charge in [-0.15, -0.1) is 0 Å². The molecule has 2 N–H and O–H groups in total. The minimum Gasteiger partial charge on any atom is -0.478 e. The van der Waals surface area contributed by atoms with Crippen LogP contribution in [0.3, 0.4) is 0 Å². The monoisotopic (exact) mass is 263 g/mol. The molecule has 1 aliphatic rings. The van der Waals surface area contributed by atoms with Crippen LogP contribution >= 0.6 is 0 Å². The molecule has 19 heavy (non-hydrogen) atoms. The minimum atomic E-state index is -0.904. The van der Waals surface area contributed by atoms with E-state index in [0.717, 1.165) is 31.2 Å². The van der Waals surface area contributed by atoms with Gasteiger partial charge in [0, 0.05) is 13.1 Å². The van der Waals surface area contributed by atoms with Gasteiger partial charge in [0.05, 0.1) is 11.2 Å². The van der Waals surface area contributed by atoms with Crippen molar-refractivity contribution in [3.8, 4) is 0 Å². The predicted molar refractivity (Wildman–Crippen MR) is 73.2 cm³/mol. The summed E-state index contributed by atoms with van der Waals surface area (Å²) in [5, 5.41) is 19.3.